The smallest absolute Gasteiger partial charge is 0.0965 e. The van der Waals surface area contributed by atoms with E-state index in [-0.39, 0.29) is 0 Å². The first kappa shape index (κ1) is 20.5. The summed E-state index contributed by atoms with van der Waals surface area (Å²) in [5, 5.41) is 10.7. The Balaban J connectivity index is 1.41. The number of rotatable bonds is 5. The molecule has 4 nitrogen and oxygen atoms in total. The number of aromatic nitrogens is 1. The maximum absolute atomic E-state index is 10.7. The molecule has 2 aliphatic rings. The number of fused-ring (bicyclic) bond motifs is 1. The summed E-state index contributed by atoms with van der Waals surface area (Å²) in [4.78, 5) is 7.06. The quantitative estimate of drug-likeness (QED) is 0.775. The van der Waals surface area contributed by atoms with Gasteiger partial charge in [0, 0.05) is 32.3 Å². The fraction of sp³-hybridized carbons (Fsp3) is 0.560. The SMILES string of the molecule is COCC1CN(C[C@@H]2CCc3cccnc3[C@@H](O)C2)CCC1c1ccccc1C. The van der Waals surface area contributed by atoms with Gasteiger partial charge in [-0.05, 0) is 73.7 Å². The molecule has 156 valence electrons. The molecule has 0 amide bonds. The van der Waals surface area contributed by atoms with E-state index in [0.717, 1.165) is 51.2 Å². The van der Waals surface area contributed by atoms with Gasteiger partial charge in [-0.3, -0.25) is 4.98 Å². The van der Waals surface area contributed by atoms with Gasteiger partial charge in [0.15, 0.2) is 0 Å². The van der Waals surface area contributed by atoms with Crippen LogP contribution in [0.4, 0.5) is 0 Å². The lowest BCUT2D eigenvalue weighted by Crippen LogP contribution is -2.43. The topological polar surface area (TPSA) is 45.6 Å². The largest absolute Gasteiger partial charge is 0.387 e. The fourth-order valence-corrected chi connectivity index (χ4v) is 5.47. The number of hydrogen-bond donors (Lipinski definition) is 1. The first-order valence-corrected chi connectivity index (χ1v) is 11.0. The van der Waals surface area contributed by atoms with E-state index in [1.165, 1.54) is 23.1 Å². The van der Waals surface area contributed by atoms with E-state index in [2.05, 4.69) is 47.1 Å². The van der Waals surface area contributed by atoms with E-state index >= 15 is 0 Å². The molecule has 2 aromatic rings. The summed E-state index contributed by atoms with van der Waals surface area (Å²) in [6, 6.07) is 12.9. The molecule has 1 aliphatic carbocycles. The molecule has 29 heavy (non-hydrogen) atoms. The number of aliphatic hydroxyl groups is 1. The molecule has 1 saturated heterocycles. The highest BCUT2D eigenvalue weighted by atomic mass is 16.5. The third-order valence-electron chi connectivity index (χ3n) is 6.92. The van der Waals surface area contributed by atoms with E-state index < -0.39 is 6.10 Å². The van der Waals surface area contributed by atoms with E-state index in [4.69, 9.17) is 4.74 Å². The van der Waals surface area contributed by atoms with E-state index in [0.29, 0.717) is 17.8 Å². The summed E-state index contributed by atoms with van der Waals surface area (Å²) in [5.74, 6) is 1.60. The molecule has 2 heterocycles. The van der Waals surface area contributed by atoms with Gasteiger partial charge in [0.1, 0.15) is 0 Å². The van der Waals surface area contributed by atoms with Crippen molar-refractivity contribution in [1.29, 1.82) is 0 Å². The van der Waals surface area contributed by atoms with Crippen LogP contribution in [0.1, 0.15) is 53.7 Å². The third-order valence-corrected chi connectivity index (χ3v) is 6.92. The highest BCUT2D eigenvalue weighted by Gasteiger charge is 2.33. The first-order valence-electron chi connectivity index (χ1n) is 11.0. The van der Waals surface area contributed by atoms with E-state index in [9.17, 15) is 5.11 Å². The minimum atomic E-state index is -0.432. The lowest BCUT2D eigenvalue weighted by Gasteiger charge is -2.40. The van der Waals surface area contributed by atoms with Crippen molar-refractivity contribution in [1.82, 2.24) is 9.88 Å². The Kier molecular flexibility index (Phi) is 6.63. The average Bonchev–Trinajstić information content (AvgIpc) is 2.88. The first-order chi connectivity index (χ1) is 14.2. The second kappa shape index (κ2) is 9.38. The highest BCUT2D eigenvalue weighted by molar-refractivity contribution is 5.30. The molecule has 4 heteroatoms. The normalized spacial score (nSPS) is 28.0. The van der Waals surface area contributed by atoms with Crippen molar-refractivity contribution in [3.63, 3.8) is 0 Å². The Hall–Kier alpha value is -1.75. The highest BCUT2D eigenvalue weighted by Crippen LogP contribution is 2.37. The van der Waals surface area contributed by atoms with E-state index in [1.807, 2.05) is 13.2 Å². The third kappa shape index (κ3) is 4.71. The fourth-order valence-electron chi connectivity index (χ4n) is 5.47. The van der Waals surface area contributed by atoms with Gasteiger partial charge in [0.25, 0.3) is 0 Å². The molecule has 0 saturated carbocycles. The maximum Gasteiger partial charge on any atom is 0.0965 e. The van der Waals surface area contributed by atoms with Crippen molar-refractivity contribution in [2.24, 2.45) is 11.8 Å². The van der Waals surface area contributed by atoms with Gasteiger partial charge >= 0.3 is 0 Å². The molecular weight excluding hydrogens is 360 g/mol. The maximum atomic E-state index is 10.7. The summed E-state index contributed by atoms with van der Waals surface area (Å²) in [6.45, 7) is 6.29. The van der Waals surface area contributed by atoms with Crippen molar-refractivity contribution in [2.75, 3.05) is 33.4 Å². The van der Waals surface area contributed by atoms with Crippen LogP contribution in [0.25, 0.3) is 0 Å². The minimum Gasteiger partial charge on any atom is -0.387 e. The zero-order valence-corrected chi connectivity index (χ0v) is 17.8. The number of benzene rings is 1. The minimum absolute atomic E-state index is 0.432. The molecule has 1 aromatic heterocycles. The zero-order chi connectivity index (χ0) is 20.2. The number of methoxy groups -OCH3 is 1. The lowest BCUT2D eigenvalue weighted by molar-refractivity contribution is 0.0591. The summed E-state index contributed by atoms with van der Waals surface area (Å²) >= 11 is 0. The van der Waals surface area contributed by atoms with Crippen LogP contribution in [0.5, 0.6) is 0 Å². The number of pyridine rings is 1. The number of piperidine rings is 1. The second-order valence-corrected chi connectivity index (χ2v) is 8.93. The van der Waals surface area contributed by atoms with Crippen molar-refractivity contribution in [3.05, 3.63) is 65.0 Å². The number of aryl methyl sites for hydroxylation is 2. The molecule has 4 atom stereocenters. The molecule has 0 bridgehead atoms. The predicted octanol–water partition coefficient (Wildman–Crippen LogP) is 4.13. The number of likely N-dealkylation sites (tertiary alicyclic amines) is 1. The average molecular weight is 395 g/mol. The van der Waals surface area contributed by atoms with Crippen LogP contribution in [-0.2, 0) is 11.2 Å². The molecule has 1 N–H and O–H groups in total. The lowest BCUT2D eigenvalue weighted by atomic mass is 9.79. The van der Waals surface area contributed by atoms with Crippen LogP contribution in [0.3, 0.4) is 0 Å². The molecule has 2 unspecified atom stereocenters. The van der Waals surface area contributed by atoms with E-state index in [1.54, 1.807) is 6.20 Å². The second-order valence-electron chi connectivity index (χ2n) is 8.93. The van der Waals surface area contributed by atoms with Crippen LogP contribution >= 0.6 is 0 Å². The van der Waals surface area contributed by atoms with Crippen LogP contribution < -0.4 is 0 Å². The van der Waals surface area contributed by atoms with Crippen molar-refractivity contribution in [3.8, 4) is 0 Å². The Morgan fingerprint density at radius 1 is 1.17 bits per heavy atom. The summed E-state index contributed by atoms with van der Waals surface area (Å²) in [5.41, 5.74) is 4.99. The number of hydrogen-bond acceptors (Lipinski definition) is 4. The summed E-state index contributed by atoms with van der Waals surface area (Å²) in [7, 11) is 1.82. The molecule has 0 spiro atoms. The molecular formula is C25H34N2O2. The number of ether oxygens (including phenoxy) is 1. The Morgan fingerprint density at radius 2 is 2.03 bits per heavy atom. The molecule has 1 aliphatic heterocycles. The van der Waals surface area contributed by atoms with Crippen LogP contribution in [0, 0.1) is 18.8 Å². The van der Waals surface area contributed by atoms with Gasteiger partial charge in [0.2, 0.25) is 0 Å². The monoisotopic (exact) mass is 394 g/mol. The molecule has 1 aromatic carbocycles. The summed E-state index contributed by atoms with van der Waals surface area (Å²) in [6.07, 6.45) is 5.51. The van der Waals surface area contributed by atoms with Gasteiger partial charge < -0.3 is 14.7 Å². The zero-order valence-electron chi connectivity index (χ0n) is 17.8. The van der Waals surface area contributed by atoms with Crippen LogP contribution in [0.15, 0.2) is 42.6 Å². The standard InChI is InChI=1S/C25H34N2O2/c1-18-6-3-4-8-22(18)23-11-13-27(16-21(23)17-29-2)15-19-9-10-20-7-5-12-26-25(20)24(28)14-19/h3-8,12,19,21,23-24,28H,9-11,13-17H2,1-2H3/t19-,21?,23?,24+/m1/s1. The Morgan fingerprint density at radius 3 is 2.86 bits per heavy atom. The molecule has 1 fully saturated rings. The van der Waals surface area contributed by atoms with Crippen LogP contribution in [-0.4, -0.2) is 48.3 Å². The van der Waals surface area contributed by atoms with Crippen molar-refractivity contribution < 1.29 is 9.84 Å². The Labute approximate surface area is 174 Å². The van der Waals surface area contributed by atoms with Gasteiger partial charge in [-0.15, -0.1) is 0 Å². The van der Waals surface area contributed by atoms with Crippen LogP contribution in [0.2, 0.25) is 0 Å². The summed E-state index contributed by atoms with van der Waals surface area (Å²) < 4.78 is 5.62. The van der Waals surface area contributed by atoms with Gasteiger partial charge in [-0.25, -0.2) is 0 Å². The molecule has 0 radical (unpaired) electrons. The number of nitrogens with zero attached hydrogens (tertiary/aromatic N) is 2. The Bertz CT molecular complexity index is 809. The van der Waals surface area contributed by atoms with Gasteiger partial charge in [-0.1, -0.05) is 30.3 Å². The van der Waals surface area contributed by atoms with Crippen molar-refractivity contribution >= 4 is 0 Å². The van der Waals surface area contributed by atoms with Gasteiger partial charge in [-0.2, -0.15) is 0 Å². The van der Waals surface area contributed by atoms with Crippen molar-refractivity contribution in [2.45, 2.75) is 44.6 Å². The number of aliphatic hydroxyl groups excluding tert-OH is 1. The van der Waals surface area contributed by atoms with Gasteiger partial charge in [0.05, 0.1) is 18.4 Å². The molecule has 4 rings (SSSR count). The predicted molar refractivity (Wildman–Crippen MR) is 116 cm³/mol.